The summed E-state index contributed by atoms with van der Waals surface area (Å²) in [6, 6.07) is 7.92. The Kier molecular flexibility index (Phi) is 5.01. The summed E-state index contributed by atoms with van der Waals surface area (Å²) < 4.78 is 0. The van der Waals surface area contributed by atoms with Crippen LogP contribution in [0.4, 0.5) is 5.69 Å². The van der Waals surface area contributed by atoms with Crippen LogP contribution in [0.15, 0.2) is 24.3 Å². The SMILES string of the molecule is CC(=O)c1ccc(NC(=O)C(C)N2CC3CCCN3CC2C)cc1. The minimum Gasteiger partial charge on any atom is -0.325 e. The van der Waals surface area contributed by atoms with Gasteiger partial charge in [-0.3, -0.25) is 19.4 Å². The number of benzene rings is 1. The molecule has 24 heavy (non-hydrogen) atoms. The summed E-state index contributed by atoms with van der Waals surface area (Å²) in [4.78, 5) is 28.8. The minimum absolute atomic E-state index is 0.0175. The number of rotatable bonds is 4. The number of nitrogens with zero attached hydrogens (tertiary/aromatic N) is 2. The number of Topliss-reactive ketones (excluding diaryl/α,β-unsaturated/α-hetero) is 1. The molecule has 5 nitrogen and oxygen atoms in total. The van der Waals surface area contributed by atoms with E-state index in [1.807, 2.05) is 6.92 Å². The number of ketones is 1. The fourth-order valence-corrected chi connectivity index (χ4v) is 3.94. The molecule has 1 aromatic carbocycles. The van der Waals surface area contributed by atoms with Gasteiger partial charge in [0.25, 0.3) is 0 Å². The number of fused-ring (bicyclic) bond motifs is 1. The lowest BCUT2D eigenvalue weighted by atomic mass is 10.0. The van der Waals surface area contributed by atoms with Gasteiger partial charge < -0.3 is 5.32 Å². The summed E-state index contributed by atoms with van der Waals surface area (Å²) in [5.74, 6) is 0.0494. The largest absolute Gasteiger partial charge is 0.325 e. The molecule has 0 aromatic heterocycles. The Morgan fingerprint density at radius 3 is 2.58 bits per heavy atom. The Bertz CT molecular complexity index is 614. The topological polar surface area (TPSA) is 52.7 Å². The highest BCUT2D eigenvalue weighted by Crippen LogP contribution is 2.26. The van der Waals surface area contributed by atoms with Crippen molar-refractivity contribution in [2.45, 2.75) is 51.7 Å². The zero-order valence-electron chi connectivity index (χ0n) is 14.8. The van der Waals surface area contributed by atoms with Crippen molar-refractivity contribution in [3.8, 4) is 0 Å². The lowest BCUT2D eigenvalue weighted by Gasteiger charge is -2.44. The van der Waals surface area contributed by atoms with Crippen molar-refractivity contribution in [1.29, 1.82) is 0 Å². The van der Waals surface area contributed by atoms with Crippen LogP contribution in [0.3, 0.4) is 0 Å². The number of carbonyl (C=O) groups is 2. The van der Waals surface area contributed by atoms with Crippen LogP contribution in [-0.4, -0.2) is 59.3 Å². The predicted molar refractivity (Wildman–Crippen MR) is 95.3 cm³/mol. The average Bonchev–Trinajstić information content (AvgIpc) is 3.01. The first kappa shape index (κ1) is 17.1. The molecular weight excluding hydrogens is 302 g/mol. The quantitative estimate of drug-likeness (QED) is 0.862. The number of carbonyl (C=O) groups excluding carboxylic acids is 2. The maximum Gasteiger partial charge on any atom is 0.241 e. The van der Waals surface area contributed by atoms with E-state index >= 15 is 0 Å². The standard InChI is InChI=1S/C19H27N3O2/c1-13-11-21-10-4-5-18(21)12-22(13)14(2)19(24)20-17-8-6-16(7-9-17)15(3)23/h6-9,13-14,18H,4-5,10-12H2,1-3H3,(H,20,24). The molecule has 2 aliphatic rings. The third-order valence-corrected chi connectivity index (χ3v) is 5.42. The highest BCUT2D eigenvalue weighted by Gasteiger charge is 2.37. The van der Waals surface area contributed by atoms with Gasteiger partial charge in [0, 0.05) is 36.4 Å². The van der Waals surface area contributed by atoms with E-state index < -0.39 is 0 Å². The maximum absolute atomic E-state index is 12.6. The van der Waals surface area contributed by atoms with Crippen molar-refractivity contribution in [2.75, 3.05) is 25.0 Å². The Balaban J connectivity index is 1.62. The molecule has 2 heterocycles. The van der Waals surface area contributed by atoms with Crippen molar-refractivity contribution in [3.63, 3.8) is 0 Å². The van der Waals surface area contributed by atoms with Crippen molar-refractivity contribution in [3.05, 3.63) is 29.8 Å². The van der Waals surface area contributed by atoms with Crippen LogP contribution < -0.4 is 5.32 Å². The highest BCUT2D eigenvalue weighted by atomic mass is 16.2. The molecule has 3 atom stereocenters. The Labute approximate surface area is 144 Å². The third-order valence-electron chi connectivity index (χ3n) is 5.42. The number of piperazine rings is 1. The summed E-state index contributed by atoms with van der Waals surface area (Å²) in [7, 11) is 0. The third kappa shape index (κ3) is 3.52. The normalized spacial score (nSPS) is 26.0. The van der Waals surface area contributed by atoms with Gasteiger partial charge in [0.2, 0.25) is 5.91 Å². The van der Waals surface area contributed by atoms with E-state index in [9.17, 15) is 9.59 Å². The van der Waals surface area contributed by atoms with Crippen molar-refractivity contribution in [2.24, 2.45) is 0 Å². The monoisotopic (exact) mass is 329 g/mol. The molecule has 3 rings (SSSR count). The summed E-state index contributed by atoms with van der Waals surface area (Å²) in [6.45, 7) is 8.96. The first-order valence-electron chi connectivity index (χ1n) is 8.87. The van der Waals surface area contributed by atoms with E-state index in [1.54, 1.807) is 31.2 Å². The van der Waals surface area contributed by atoms with Gasteiger partial charge in [0.1, 0.15) is 0 Å². The minimum atomic E-state index is -0.157. The van der Waals surface area contributed by atoms with Crippen LogP contribution in [0, 0.1) is 0 Å². The Morgan fingerprint density at radius 1 is 1.21 bits per heavy atom. The molecule has 2 saturated heterocycles. The molecule has 1 amide bonds. The summed E-state index contributed by atoms with van der Waals surface area (Å²) >= 11 is 0. The number of anilines is 1. The van der Waals surface area contributed by atoms with Gasteiger partial charge in [-0.2, -0.15) is 0 Å². The highest BCUT2D eigenvalue weighted by molar-refractivity contribution is 5.97. The molecule has 3 unspecified atom stereocenters. The lowest BCUT2D eigenvalue weighted by molar-refractivity contribution is -0.123. The van der Waals surface area contributed by atoms with Gasteiger partial charge in [0.05, 0.1) is 6.04 Å². The van der Waals surface area contributed by atoms with Crippen LogP contribution in [0.25, 0.3) is 0 Å². The van der Waals surface area contributed by atoms with Crippen LogP contribution in [0.1, 0.15) is 44.0 Å². The maximum atomic E-state index is 12.6. The predicted octanol–water partition coefficient (Wildman–Crippen LogP) is 2.38. The number of amides is 1. The number of hydrogen-bond acceptors (Lipinski definition) is 4. The molecular formula is C19H27N3O2. The van der Waals surface area contributed by atoms with Crippen LogP contribution in [-0.2, 0) is 4.79 Å². The smallest absolute Gasteiger partial charge is 0.241 e. The summed E-state index contributed by atoms with van der Waals surface area (Å²) in [6.07, 6.45) is 2.51. The molecule has 0 aliphatic carbocycles. The lowest BCUT2D eigenvalue weighted by Crippen LogP contribution is -2.59. The number of nitrogens with one attached hydrogen (secondary N) is 1. The molecule has 2 fully saturated rings. The van der Waals surface area contributed by atoms with Gasteiger partial charge in [-0.15, -0.1) is 0 Å². The van der Waals surface area contributed by atoms with Crippen LogP contribution >= 0.6 is 0 Å². The Hall–Kier alpha value is -1.72. The van der Waals surface area contributed by atoms with E-state index in [2.05, 4.69) is 22.0 Å². The van der Waals surface area contributed by atoms with Crippen molar-refractivity contribution in [1.82, 2.24) is 9.80 Å². The molecule has 0 radical (unpaired) electrons. The van der Waals surface area contributed by atoms with E-state index in [1.165, 1.54) is 19.4 Å². The van der Waals surface area contributed by atoms with Crippen molar-refractivity contribution >= 4 is 17.4 Å². The van der Waals surface area contributed by atoms with E-state index in [-0.39, 0.29) is 17.7 Å². The average molecular weight is 329 g/mol. The second kappa shape index (κ2) is 7.03. The van der Waals surface area contributed by atoms with Gasteiger partial charge in [-0.05, 0) is 64.4 Å². The van der Waals surface area contributed by atoms with Gasteiger partial charge >= 0.3 is 0 Å². The van der Waals surface area contributed by atoms with E-state index in [0.717, 1.165) is 18.8 Å². The zero-order valence-corrected chi connectivity index (χ0v) is 14.8. The number of hydrogen-bond donors (Lipinski definition) is 1. The molecule has 0 spiro atoms. The zero-order chi connectivity index (χ0) is 17.3. The molecule has 0 saturated carbocycles. The van der Waals surface area contributed by atoms with E-state index in [0.29, 0.717) is 17.6 Å². The van der Waals surface area contributed by atoms with Gasteiger partial charge in [0.15, 0.2) is 5.78 Å². The van der Waals surface area contributed by atoms with E-state index in [4.69, 9.17) is 0 Å². The molecule has 2 aliphatic heterocycles. The molecule has 130 valence electrons. The first-order valence-corrected chi connectivity index (χ1v) is 8.87. The van der Waals surface area contributed by atoms with Crippen molar-refractivity contribution < 1.29 is 9.59 Å². The Morgan fingerprint density at radius 2 is 1.92 bits per heavy atom. The first-order chi connectivity index (χ1) is 11.5. The molecule has 5 heteroatoms. The van der Waals surface area contributed by atoms with Gasteiger partial charge in [-0.25, -0.2) is 0 Å². The van der Waals surface area contributed by atoms with Crippen LogP contribution in [0.5, 0.6) is 0 Å². The summed E-state index contributed by atoms with van der Waals surface area (Å²) in [5, 5.41) is 2.98. The van der Waals surface area contributed by atoms with Crippen LogP contribution in [0.2, 0.25) is 0 Å². The molecule has 1 aromatic rings. The summed E-state index contributed by atoms with van der Waals surface area (Å²) in [5.41, 5.74) is 1.40. The fourth-order valence-electron chi connectivity index (χ4n) is 3.94. The second-order valence-electron chi connectivity index (χ2n) is 7.14. The van der Waals surface area contributed by atoms with Gasteiger partial charge in [-0.1, -0.05) is 0 Å². The second-order valence-corrected chi connectivity index (χ2v) is 7.14. The fraction of sp³-hybridized carbons (Fsp3) is 0.579. The molecule has 0 bridgehead atoms. The molecule has 1 N–H and O–H groups in total.